The van der Waals surface area contributed by atoms with Gasteiger partial charge in [0.25, 0.3) is 0 Å². The summed E-state index contributed by atoms with van der Waals surface area (Å²) in [6, 6.07) is 0. The summed E-state index contributed by atoms with van der Waals surface area (Å²) >= 11 is 0. The van der Waals surface area contributed by atoms with Crippen LogP contribution in [-0.4, -0.2) is 0 Å². The van der Waals surface area contributed by atoms with Crippen LogP contribution in [0.15, 0.2) is 0 Å². The van der Waals surface area contributed by atoms with Gasteiger partial charge in [0.15, 0.2) is 0 Å². The predicted octanol–water partition coefficient (Wildman–Crippen LogP) is 15.9. The zero-order chi connectivity index (χ0) is 31.7. The van der Waals surface area contributed by atoms with Crippen molar-refractivity contribution < 1.29 is 0 Å². The molecule has 3 atom stereocenters. The van der Waals surface area contributed by atoms with Gasteiger partial charge in [0, 0.05) is 0 Å². The highest BCUT2D eigenvalue weighted by atomic mass is 14.5. The largest absolute Gasteiger partial charge is 0.0654 e. The van der Waals surface area contributed by atoms with E-state index in [9.17, 15) is 0 Å². The molecule has 0 radical (unpaired) electrons. The number of rotatable bonds is 30. The fraction of sp³-hybridized carbons (Fsp3) is 1.00. The maximum atomic E-state index is 2.81. The fourth-order valence-electron chi connectivity index (χ4n) is 8.52. The van der Waals surface area contributed by atoms with E-state index in [1.807, 2.05) is 0 Å². The number of hydrogen-bond donors (Lipinski definition) is 0. The van der Waals surface area contributed by atoms with Gasteiger partial charge in [-0.2, -0.15) is 0 Å². The van der Waals surface area contributed by atoms with E-state index in [0.717, 1.165) is 11.8 Å². The van der Waals surface area contributed by atoms with Gasteiger partial charge in [-0.1, -0.05) is 204 Å². The summed E-state index contributed by atoms with van der Waals surface area (Å²) in [7, 11) is 0. The molecular weight excluding hydrogens is 504 g/mol. The normalized spacial score (nSPS) is 16.1. The van der Waals surface area contributed by atoms with Crippen LogP contribution in [0, 0.1) is 28.1 Å². The molecule has 0 saturated heterocycles. The molecule has 0 aliphatic carbocycles. The predicted molar refractivity (Wildman–Crippen MR) is 196 cm³/mol. The Kier molecular flexibility index (Phi) is 25.2. The average molecular weight is 591 g/mol. The first-order chi connectivity index (χ1) is 20.0. The van der Waals surface area contributed by atoms with Crippen LogP contribution in [0.3, 0.4) is 0 Å². The van der Waals surface area contributed by atoms with Gasteiger partial charge in [-0.05, 0) is 66.6 Å². The van der Waals surface area contributed by atoms with Crippen molar-refractivity contribution in [1.82, 2.24) is 0 Å². The van der Waals surface area contributed by atoms with E-state index in [1.54, 1.807) is 0 Å². The first kappa shape index (κ1) is 42.0. The van der Waals surface area contributed by atoms with Gasteiger partial charge in [0.05, 0.1) is 0 Å². The van der Waals surface area contributed by atoms with E-state index in [0.29, 0.717) is 16.2 Å². The summed E-state index contributed by atoms with van der Waals surface area (Å²) in [5.41, 5.74) is 1.42. The quantitative estimate of drug-likeness (QED) is 0.0730. The van der Waals surface area contributed by atoms with E-state index in [-0.39, 0.29) is 0 Å². The summed E-state index contributed by atoms with van der Waals surface area (Å²) in [6.45, 7) is 24.9. The van der Waals surface area contributed by atoms with Crippen molar-refractivity contribution in [2.24, 2.45) is 28.1 Å². The smallest absolute Gasteiger partial charge is 0.0261 e. The van der Waals surface area contributed by atoms with E-state index < -0.39 is 0 Å². The first-order valence-electron chi connectivity index (χ1n) is 20.0. The SMILES string of the molecule is CCCCCCCCCCC(CCCCCC)(CCCCCCC)C(C)C(CCCCC)(CCC(C)C)CC(C)(C)C. The molecule has 0 spiro atoms. The minimum Gasteiger partial charge on any atom is -0.0654 e. The van der Waals surface area contributed by atoms with Gasteiger partial charge in [0.1, 0.15) is 0 Å². The van der Waals surface area contributed by atoms with Gasteiger partial charge in [0.2, 0.25) is 0 Å². The highest BCUT2D eigenvalue weighted by Gasteiger charge is 2.48. The van der Waals surface area contributed by atoms with Crippen molar-refractivity contribution in [2.75, 3.05) is 0 Å². The Morgan fingerprint density at radius 2 is 0.690 bits per heavy atom. The molecule has 0 nitrogen and oxygen atoms in total. The van der Waals surface area contributed by atoms with Gasteiger partial charge >= 0.3 is 0 Å². The maximum Gasteiger partial charge on any atom is -0.0261 e. The minimum absolute atomic E-state index is 0.394. The second-order valence-corrected chi connectivity index (χ2v) is 16.8. The first-order valence-corrected chi connectivity index (χ1v) is 20.0. The van der Waals surface area contributed by atoms with Crippen LogP contribution in [0.5, 0.6) is 0 Å². The molecule has 0 rings (SSSR count). The average Bonchev–Trinajstić information content (AvgIpc) is 2.93. The molecule has 0 aromatic heterocycles. The molecule has 0 aliphatic rings. The van der Waals surface area contributed by atoms with Crippen molar-refractivity contribution in [1.29, 1.82) is 0 Å². The van der Waals surface area contributed by atoms with E-state index >= 15 is 0 Å². The zero-order valence-electron chi connectivity index (χ0n) is 31.7. The molecule has 0 fully saturated rings. The summed E-state index contributed by atoms with van der Waals surface area (Å²) in [5, 5.41) is 0. The molecule has 0 amide bonds. The Morgan fingerprint density at radius 3 is 1.07 bits per heavy atom. The molecule has 0 heterocycles. The van der Waals surface area contributed by atoms with E-state index in [4.69, 9.17) is 0 Å². The standard InChI is InChI=1S/C42H86/c1-11-15-19-22-23-24-26-30-34-41(32-28-21-17-13-3,33-29-25-20-16-12-2)39(7)42(35-27-18-14-4,36-31-38(5)6)37-40(8,9)10/h38-39H,11-37H2,1-10H3. The third-order valence-corrected chi connectivity index (χ3v) is 11.1. The molecule has 254 valence electrons. The van der Waals surface area contributed by atoms with Crippen LogP contribution in [-0.2, 0) is 0 Å². The maximum absolute atomic E-state index is 2.81. The van der Waals surface area contributed by atoms with Crippen LogP contribution >= 0.6 is 0 Å². The number of hydrogen-bond acceptors (Lipinski definition) is 0. The summed E-state index contributed by atoms with van der Waals surface area (Å²) in [5.74, 6) is 1.64. The van der Waals surface area contributed by atoms with Gasteiger partial charge in [-0.25, -0.2) is 0 Å². The summed E-state index contributed by atoms with van der Waals surface area (Å²) < 4.78 is 0. The molecule has 0 N–H and O–H groups in total. The third kappa shape index (κ3) is 19.4. The lowest BCUT2D eigenvalue weighted by Crippen LogP contribution is -2.44. The highest BCUT2D eigenvalue weighted by Crippen LogP contribution is 2.58. The summed E-state index contributed by atoms with van der Waals surface area (Å²) in [6.07, 6.45) is 38.9. The molecule has 0 bridgehead atoms. The highest BCUT2D eigenvalue weighted by molar-refractivity contribution is 4.98. The molecule has 0 aromatic carbocycles. The fourth-order valence-corrected chi connectivity index (χ4v) is 8.52. The van der Waals surface area contributed by atoms with Crippen molar-refractivity contribution in [2.45, 2.75) is 243 Å². The van der Waals surface area contributed by atoms with Gasteiger partial charge in [-0.15, -0.1) is 0 Å². The van der Waals surface area contributed by atoms with Gasteiger partial charge < -0.3 is 0 Å². The van der Waals surface area contributed by atoms with Crippen molar-refractivity contribution in [3.63, 3.8) is 0 Å². The molecule has 3 unspecified atom stereocenters. The summed E-state index contributed by atoms with van der Waals surface area (Å²) in [4.78, 5) is 0. The zero-order valence-corrected chi connectivity index (χ0v) is 31.7. The Morgan fingerprint density at radius 1 is 0.381 bits per heavy atom. The Hall–Kier alpha value is 0. The minimum atomic E-state index is 0.394. The van der Waals surface area contributed by atoms with E-state index in [2.05, 4.69) is 69.2 Å². The van der Waals surface area contributed by atoms with Crippen LogP contribution in [0.25, 0.3) is 0 Å². The molecule has 0 aliphatic heterocycles. The van der Waals surface area contributed by atoms with E-state index in [1.165, 1.54) is 173 Å². The van der Waals surface area contributed by atoms with Crippen molar-refractivity contribution >= 4 is 0 Å². The molecule has 0 saturated carbocycles. The lowest BCUT2D eigenvalue weighted by molar-refractivity contribution is -0.0352. The second-order valence-electron chi connectivity index (χ2n) is 16.8. The topological polar surface area (TPSA) is 0 Å². The van der Waals surface area contributed by atoms with Crippen LogP contribution in [0.4, 0.5) is 0 Å². The molecular formula is C42H86. The second kappa shape index (κ2) is 25.2. The Labute approximate surface area is 270 Å². The van der Waals surface area contributed by atoms with Crippen molar-refractivity contribution in [3.05, 3.63) is 0 Å². The van der Waals surface area contributed by atoms with Crippen LogP contribution < -0.4 is 0 Å². The molecule has 42 heavy (non-hydrogen) atoms. The lowest BCUT2D eigenvalue weighted by atomic mass is 9.51. The van der Waals surface area contributed by atoms with Crippen LogP contribution in [0.1, 0.15) is 243 Å². The monoisotopic (exact) mass is 591 g/mol. The number of unbranched alkanes of at least 4 members (excludes halogenated alkanes) is 16. The Balaban J connectivity index is 6.33. The molecule has 0 heteroatoms. The lowest BCUT2D eigenvalue weighted by Gasteiger charge is -2.53. The van der Waals surface area contributed by atoms with Crippen molar-refractivity contribution in [3.8, 4) is 0 Å². The molecule has 0 aromatic rings. The third-order valence-electron chi connectivity index (χ3n) is 11.1. The Bertz CT molecular complexity index is 567. The van der Waals surface area contributed by atoms with Crippen LogP contribution in [0.2, 0.25) is 0 Å². The van der Waals surface area contributed by atoms with Gasteiger partial charge in [-0.3, -0.25) is 0 Å².